The fourth-order valence-corrected chi connectivity index (χ4v) is 2.13. The van der Waals surface area contributed by atoms with E-state index in [1.165, 1.54) is 12.1 Å². The van der Waals surface area contributed by atoms with Gasteiger partial charge in [-0.2, -0.15) is 0 Å². The first-order valence-corrected chi connectivity index (χ1v) is 6.66. The van der Waals surface area contributed by atoms with E-state index in [0.29, 0.717) is 12.3 Å². The molecule has 6 heteroatoms. The third kappa shape index (κ3) is 4.68. The van der Waals surface area contributed by atoms with Gasteiger partial charge in [0.05, 0.1) is 12.5 Å². The van der Waals surface area contributed by atoms with Crippen molar-refractivity contribution in [2.24, 2.45) is 0 Å². The smallest absolute Gasteiger partial charge is 0.328 e. The highest BCUT2D eigenvalue weighted by molar-refractivity contribution is 5.91. The molecule has 2 rings (SSSR count). The Labute approximate surface area is 121 Å². The van der Waals surface area contributed by atoms with Crippen LogP contribution in [0.15, 0.2) is 24.3 Å². The minimum Gasteiger partial charge on any atom is -0.478 e. The van der Waals surface area contributed by atoms with Crippen molar-refractivity contribution in [3.8, 4) is 0 Å². The molecule has 0 aliphatic carbocycles. The molecule has 0 spiro atoms. The zero-order valence-corrected chi connectivity index (χ0v) is 11.3. The molecule has 1 aromatic rings. The van der Waals surface area contributed by atoms with E-state index >= 15 is 0 Å². The number of carbonyl (C=O) groups is 2. The summed E-state index contributed by atoms with van der Waals surface area (Å²) in [6.07, 6.45) is 4.02. The van der Waals surface area contributed by atoms with Crippen LogP contribution in [-0.4, -0.2) is 29.7 Å². The molecule has 21 heavy (non-hydrogen) atoms. The first kappa shape index (κ1) is 15.2. The minimum absolute atomic E-state index is 0.0624. The number of halogens is 1. The summed E-state index contributed by atoms with van der Waals surface area (Å²) in [6, 6.07) is 4.10. The Morgan fingerprint density at radius 3 is 2.90 bits per heavy atom. The molecule has 0 aromatic heterocycles. The molecule has 5 nitrogen and oxygen atoms in total. The van der Waals surface area contributed by atoms with E-state index < -0.39 is 11.8 Å². The lowest BCUT2D eigenvalue weighted by Gasteiger charge is -2.10. The van der Waals surface area contributed by atoms with Crippen LogP contribution in [0.5, 0.6) is 0 Å². The lowest BCUT2D eigenvalue weighted by atomic mass is 10.1. The van der Waals surface area contributed by atoms with Crippen molar-refractivity contribution in [3.05, 3.63) is 35.7 Å². The number of amides is 1. The van der Waals surface area contributed by atoms with E-state index in [-0.39, 0.29) is 24.0 Å². The molecule has 1 aromatic carbocycles. The Bertz CT molecular complexity index is 565. The van der Waals surface area contributed by atoms with Gasteiger partial charge in [0.1, 0.15) is 5.82 Å². The first-order chi connectivity index (χ1) is 10.0. The summed E-state index contributed by atoms with van der Waals surface area (Å²) in [5, 5.41) is 11.1. The molecule has 1 heterocycles. The maximum absolute atomic E-state index is 13.7. The van der Waals surface area contributed by atoms with Crippen LogP contribution in [-0.2, 0) is 14.3 Å². The van der Waals surface area contributed by atoms with E-state index in [9.17, 15) is 14.0 Å². The largest absolute Gasteiger partial charge is 0.478 e. The molecular weight excluding hydrogens is 277 g/mol. The highest BCUT2D eigenvalue weighted by Crippen LogP contribution is 2.18. The zero-order chi connectivity index (χ0) is 15.2. The number of carbonyl (C=O) groups excluding carboxylic acids is 1. The normalized spacial score (nSPS) is 18.0. The molecule has 1 fully saturated rings. The van der Waals surface area contributed by atoms with Crippen LogP contribution in [0.1, 0.15) is 24.8 Å². The van der Waals surface area contributed by atoms with Gasteiger partial charge in [0.25, 0.3) is 0 Å². The molecule has 1 atom stereocenters. The fourth-order valence-electron chi connectivity index (χ4n) is 2.13. The topological polar surface area (TPSA) is 75.6 Å². The number of carboxylic acids is 1. The molecule has 112 valence electrons. The summed E-state index contributed by atoms with van der Waals surface area (Å²) in [5.41, 5.74) is 0.484. The quantitative estimate of drug-likeness (QED) is 0.818. The summed E-state index contributed by atoms with van der Waals surface area (Å²) in [7, 11) is 0. The standard InChI is InChI=1S/C15H16FNO4/c16-13-8-11(5-3-10(13)4-6-15(19)20)17-14(18)9-12-2-1-7-21-12/h3-6,8,12H,1-2,7,9H2,(H,17,18)(H,19,20). The van der Waals surface area contributed by atoms with Crippen LogP contribution in [0.25, 0.3) is 6.08 Å². The van der Waals surface area contributed by atoms with E-state index in [1.807, 2.05) is 0 Å². The average Bonchev–Trinajstić information content (AvgIpc) is 2.90. The van der Waals surface area contributed by atoms with Crippen LogP contribution in [0.3, 0.4) is 0 Å². The number of rotatable bonds is 5. The number of aliphatic carboxylic acids is 1. The average molecular weight is 293 g/mol. The molecule has 2 N–H and O–H groups in total. The van der Waals surface area contributed by atoms with Gasteiger partial charge in [0.15, 0.2) is 0 Å². The first-order valence-electron chi connectivity index (χ1n) is 6.66. The van der Waals surface area contributed by atoms with Gasteiger partial charge < -0.3 is 15.2 Å². The second kappa shape index (κ2) is 6.99. The van der Waals surface area contributed by atoms with Gasteiger partial charge in [-0.15, -0.1) is 0 Å². The lowest BCUT2D eigenvalue weighted by Crippen LogP contribution is -2.19. The van der Waals surface area contributed by atoms with Gasteiger partial charge in [-0.05, 0) is 37.1 Å². The summed E-state index contributed by atoms with van der Waals surface area (Å²) in [6.45, 7) is 0.678. The second-order valence-corrected chi connectivity index (χ2v) is 4.80. The van der Waals surface area contributed by atoms with Crippen LogP contribution < -0.4 is 5.32 Å². The number of nitrogens with one attached hydrogen (secondary N) is 1. The van der Waals surface area contributed by atoms with Crippen LogP contribution in [0.4, 0.5) is 10.1 Å². The summed E-state index contributed by atoms with van der Waals surface area (Å²) in [4.78, 5) is 22.2. The number of anilines is 1. The van der Waals surface area contributed by atoms with Gasteiger partial charge in [0, 0.05) is 23.9 Å². The van der Waals surface area contributed by atoms with E-state index in [4.69, 9.17) is 9.84 Å². The van der Waals surface area contributed by atoms with Crippen LogP contribution >= 0.6 is 0 Å². The predicted molar refractivity (Wildman–Crippen MR) is 75.3 cm³/mol. The number of hydrogen-bond acceptors (Lipinski definition) is 3. The second-order valence-electron chi connectivity index (χ2n) is 4.80. The Balaban J connectivity index is 1.96. The Hall–Kier alpha value is -2.21. The van der Waals surface area contributed by atoms with Crippen molar-refractivity contribution in [1.29, 1.82) is 0 Å². The highest BCUT2D eigenvalue weighted by Gasteiger charge is 2.19. The van der Waals surface area contributed by atoms with Crippen molar-refractivity contribution in [2.75, 3.05) is 11.9 Å². The summed E-state index contributed by atoms with van der Waals surface area (Å²) < 4.78 is 19.1. The fraction of sp³-hybridized carbons (Fsp3) is 0.333. The number of ether oxygens (including phenoxy) is 1. The van der Waals surface area contributed by atoms with E-state index in [2.05, 4.69) is 5.32 Å². The minimum atomic E-state index is -1.15. The van der Waals surface area contributed by atoms with E-state index in [0.717, 1.165) is 31.1 Å². The highest BCUT2D eigenvalue weighted by atomic mass is 19.1. The molecule has 0 bridgehead atoms. The van der Waals surface area contributed by atoms with Crippen molar-refractivity contribution < 1.29 is 23.8 Å². The maximum Gasteiger partial charge on any atom is 0.328 e. The third-order valence-corrected chi connectivity index (χ3v) is 3.13. The van der Waals surface area contributed by atoms with Crippen LogP contribution in [0, 0.1) is 5.82 Å². The summed E-state index contributed by atoms with van der Waals surface area (Å²) >= 11 is 0. The van der Waals surface area contributed by atoms with Crippen molar-refractivity contribution in [2.45, 2.75) is 25.4 Å². The molecule has 0 radical (unpaired) electrons. The van der Waals surface area contributed by atoms with Gasteiger partial charge in [-0.3, -0.25) is 4.79 Å². The van der Waals surface area contributed by atoms with E-state index in [1.54, 1.807) is 0 Å². The number of hydrogen-bond donors (Lipinski definition) is 2. The number of carboxylic acid groups (broad SMARTS) is 1. The SMILES string of the molecule is O=C(O)C=Cc1ccc(NC(=O)CC2CCCO2)cc1F. The molecular formula is C15H16FNO4. The van der Waals surface area contributed by atoms with Crippen molar-refractivity contribution in [3.63, 3.8) is 0 Å². The van der Waals surface area contributed by atoms with Crippen molar-refractivity contribution in [1.82, 2.24) is 0 Å². The summed E-state index contributed by atoms with van der Waals surface area (Å²) in [5.74, 6) is -1.97. The van der Waals surface area contributed by atoms with Crippen LogP contribution in [0.2, 0.25) is 0 Å². The Kier molecular flexibility index (Phi) is 5.05. The molecule has 1 aliphatic heterocycles. The number of benzene rings is 1. The third-order valence-electron chi connectivity index (χ3n) is 3.13. The molecule has 0 saturated carbocycles. The Morgan fingerprint density at radius 2 is 2.29 bits per heavy atom. The van der Waals surface area contributed by atoms with Gasteiger partial charge in [-0.1, -0.05) is 0 Å². The molecule has 1 saturated heterocycles. The molecule has 1 aliphatic rings. The predicted octanol–water partition coefficient (Wildman–Crippen LogP) is 2.43. The molecule has 1 unspecified atom stereocenters. The van der Waals surface area contributed by atoms with Gasteiger partial charge in [0.2, 0.25) is 5.91 Å². The van der Waals surface area contributed by atoms with Crippen molar-refractivity contribution >= 4 is 23.6 Å². The molecule has 1 amide bonds. The lowest BCUT2D eigenvalue weighted by molar-refractivity contribution is -0.131. The monoisotopic (exact) mass is 293 g/mol. The zero-order valence-electron chi connectivity index (χ0n) is 11.3. The van der Waals surface area contributed by atoms with Gasteiger partial charge in [-0.25, -0.2) is 9.18 Å². The van der Waals surface area contributed by atoms with Gasteiger partial charge >= 0.3 is 5.97 Å². The Morgan fingerprint density at radius 1 is 1.48 bits per heavy atom. The maximum atomic E-state index is 13.7.